The Morgan fingerprint density at radius 1 is 1.05 bits per heavy atom. The Morgan fingerprint density at radius 2 is 1.81 bits per heavy atom. The van der Waals surface area contributed by atoms with Crippen molar-refractivity contribution in [3.63, 3.8) is 0 Å². The minimum atomic E-state index is 0.257. The summed E-state index contributed by atoms with van der Waals surface area (Å²) in [4.78, 5) is 0. The van der Waals surface area contributed by atoms with E-state index in [-0.39, 0.29) is 5.54 Å². The molecule has 0 aromatic rings. The summed E-state index contributed by atoms with van der Waals surface area (Å²) in [6.07, 6.45) is 12.6. The molecule has 1 saturated heterocycles. The zero-order valence-electron chi connectivity index (χ0n) is 14.4. The normalized spacial score (nSPS) is 36.4. The lowest BCUT2D eigenvalue weighted by Gasteiger charge is -2.50. The van der Waals surface area contributed by atoms with Crippen molar-refractivity contribution in [2.45, 2.75) is 89.7 Å². The molecule has 2 heteroatoms. The van der Waals surface area contributed by atoms with Crippen molar-refractivity contribution in [1.82, 2.24) is 5.32 Å². The van der Waals surface area contributed by atoms with E-state index in [9.17, 15) is 0 Å². The molecule has 3 rings (SSSR count). The van der Waals surface area contributed by atoms with E-state index in [1.807, 2.05) is 0 Å². The number of ether oxygens (including phenoxy) is 1. The maximum absolute atomic E-state index is 6.16. The SMILES string of the molecule is CC(C)(C)NCC1CCCCC1C1CCOC2(CCC2)C1. The zero-order valence-corrected chi connectivity index (χ0v) is 14.4. The van der Waals surface area contributed by atoms with Crippen molar-refractivity contribution in [3.05, 3.63) is 0 Å². The largest absolute Gasteiger partial charge is 0.375 e. The quantitative estimate of drug-likeness (QED) is 0.825. The Hall–Kier alpha value is -0.0800. The monoisotopic (exact) mass is 293 g/mol. The molecule has 0 aromatic carbocycles. The first-order valence-corrected chi connectivity index (χ1v) is 9.36. The lowest BCUT2D eigenvalue weighted by Crippen LogP contribution is -2.49. The first-order valence-electron chi connectivity index (χ1n) is 9.36. The first-order chi connectivity index (χ1) is 9.98. The Kier molecular flexibility index (Phi) is 4.66. The van der Waals surface area contributed by atoms with Crippen molar-refractivity contribution in [2.24, 2.45) is 17.8 Å². The summed E-state index contributed by atoms with van der Waals surface area (Å²) in [5.41, 5.74) is 0.579. The molecule has 122 valence electrons. The predicted molar refractivity (Wildman–Crippen MR) is 88.5 cm³/mol. The molecular weight excluding hydrogens is 258 g/mol. The van der Waals surface area contributed by atoms with E-state index in [1.165, 1.54) is 64.3 Å². The van der Waals surface area contributed by atoms with Gasteiger partial charge >= 0.3 is 0 Å². The molecule has 1 heterocycles. The van der Waals surface area contributed by atoms with Gasteiger partial charge in [-0.15, -0.1) is 0 Å². The van der Waals surface area contributed by atoms with Crippen LogP contribution in [0, 0.1) is 17.8 Å². The van der Waals surface area contributed by atoms with E-state index in [1.54, 1.807) is 0 Å². The van der Waals surface area contributed by atoms with Gasteiger partial charge in [0.1, 0.15) is 0 Å². The van der Waals surface area contributed by atoms with Gasteiger partial charge in [-0.1, -0.05) is 12.8 Å². The second-order valence-corrected chi connectivity index (χ2v) is 8.98. The maximum atomic E-state index is 6.16. The zero-order chi connectivity index (χ0) is 14.9. The fourth-order valence-electron chi connectivity index (χ4n) is 4.90. The molecule has 2 nitrogen and oxygen atoms in total. The van der Waals surface area contributed by atoms with Crippen molar-refractivity contribution < 1.29 is 4.74 Å². The maximum Gasteiger partial charge on any atom is 0.0685 e. The molecule has 2 aliphatic carbocycles. The molecule has 3 unspecified atom stereocenters. The van der Waals surface area contributed by atoms with Gasteiger partial charge in [0.2, 0.25) is 0 Å². The lowest BCUT2D eigenvalue weighted by molar-refractivity contribution is -0.154. The number of rotatable bonds is 3. The van der Waals surface area contributed by atoms with Crippen LogP contribution in [0.4, 0.5) is 0 Å². The Labute approximate surface area is 131 Å². The fraction of sp³-hybridized carbons (Fsp3) is 1.00. The van der Waals surface area contributed by atoms with Gasteiger partial charge in [0.15, 0.2) is 0 Å². The smallest absolute Gasteiger partial charge is 0.0685 e. The summed E-state index contributed by atoms with van der Waals surface area (Å²) >= 11 is 0. The van der Waals surface area contributed by atoms with E-state index >= 15 is 0 Å². The van der Waals surface area contributed by atoms with Crippen molar-refractivity contribution >= 4 is 0 Å². The van der Waals surface area contributed by atoms with Crippen LogP contribution in [0.1, 0.15) is 78.6 Å². The predicted octanol–water partition coefficient (Wildman–Crippen LogP) is 4.53. The Morgan fingerprint density at radius 3 is 2.48 bits per heavy atom. The van der Waals surface area contributed by atoms with Crippen LogP contribution >= 0.6 is 0 Å². The molecule has 0 amide bonds. The third kappa shape index (κ3) is 3.82. The van der Waals surface area contributed by atoms with E-state index < -0.39 is 0 Å². The average molecular weight is 293 g/mol. The minimum Gasteiger partial charge on any atom is -0.375 e. The van der Waals surface area contributed by atoms with Gasteiger partial charge < -0.3 is 10.1 Å². The number of nitrogens with one attached hydrogen (secondary N) is 1. The van der Waals surface area contributed by atoms with Gasteiger partial charge in [-0.3, -0.25) is 0 Å². The summed E-state index contributed by atoms with van der Waals surface area (Å²) in [6.45, 7) is 9.13. The molecule has 21 heavy (non-hydrogen) atoms. The molecule has 1 N–H and O–H groups in total. The molecule has 0 radical (unpaired) electrons. The lowest BCUT2D eigenvalue weighted by atomic mass is 9.64. The molecule has 1 aliphatic heterocycles. The highest BCUT2D eigenvalue weighted by molar-refractivity contribution is 4.97. The topological polar surface area (TPSA) is 21.3 Å². The molecule has 2 saturated carbocycles. The Bertz CT molecular complexity index is 342. The van der Waals surface area contributed by atoms with Crippen LogP contribution in [-0.4, -0.2) is 24.3 Å². The van der Waals surface area contributed by atoms with Gasteiger partial charge in [-0.2, -0.15) is 0 Å². The van der Waals surface area contributed by atoms with Crippen LogP contribution in [0.15, 0.2) is 0 Å². The van der Waals surface area contributed by atoms with Crippen molar-refractivity contribution in [2.75, 3.05) is 13.2 Å². The Balaban J connectivity index is 1.60. The van der Waals surface area contributed by atoms with Gasteiger partial charge in [0, 0.05) is 12.1 Å². The van der Waals surface area contributed by atoms with Gasteiger partial charge in [0.25, 0.3) is 0 Å². The van der Waals surface area contributed by atoms with E-state index in [0.29, 0.717) is 5.60 Å². The molecule has 1 spiro atoms. The fourth-order valence-corrected chi connectivity index (χ4v) is 4.90. The summed E-state index contributed by atoms with van der Waals surface area (Å²) in [6, 6.07) is 0. The first kappa shape index (κ1) is 15.8. The second kappa shape index (κ2) is 6.20. The molecular formula is C19H35NO. The summed E-state index contributed by atoms with van der Waals surface area (Å²) in [7, 11) is 0. The van der Waals surface area contributed by atoms with Crippen LogP contribution in [0.2, 0.25) is 0 Å². The molecule has 3 aliphatic rings. The number of hydrogen-bond donors (Lipinski definition) is 1. The van der Waals surface area contributed by atoms with Crippen molar-refractivity contribution in [1.29, 1.82) is 0 Å². The van der Waals surface area contributed by atoms with E-state index in [0.717, 1.165) is 24.4 Å². The minimum absolute atomic E-state index is 0.257. The average Bonchev–Trinajstić information content (AvgIpc) is 2.43. The van der Waals surface area contributed by atoms with E-state index in [2.05, 4.69) is 26.1 Å². The van der Waals surface area contributed by atoms with Crippen LogP contribution < -0.4 is 5.32 Å². The van der Waals surface area contributed by atoms with Crippen LogP contribution in [0.3, 0.4) is 0 Å². The van der Waals surface area contributed by atoms with E-state index in [4.69, 9.17) is 4.74 Å². The molecule has 3 fully saturated rings. The highest BCUT2D eigenvalue weighted by Crippen LogP contribution is 2.49. The van der Waals surface area contributed by atoms with Crippen molar-refractivity contribution in [3.8, 4) is 0 Å². The third-order valence-electron chi connectivity index (χ3n) is 6.26. The van der Waals surface area contributed by atoms with Crippen LogP contribution in [0.5, 0.6) is 0 Å². The molecule has 3 atom stereocenters. The van der Waals surface area contributed by atoms with Gasteiger partial charge in [-0.25, -0.2) is 0 Å². The second-order valence-electron chi connectivity index (χ2n) is 8.98. The van der Waals surface area contributed by atoms with Gasteiger partial charge in [-0.05, 0) is 90.0 Å². The third-order valence-corrected chi connectivity index (χ3v) is 6.26. The molecule has 0 aromatic heterocycles. The summed E-state index contributed by atoms with van der Waals surface area (Å²) in [5, 5.41) is 3.78. The molecule has 0 bridgehead atoms. The highest BCUT2D eigenvalue weighted by atomic mass is 16.5. The standard InChI is InChI=1S/C19H35NO/c1-18(2,3)20-14-16-7-4-5-8-17(16)15-9-12-21-19(13-15)10-6-11-19/h15-17,20H,4-14H2,1-3H3. The summed E-state index contributed by atoms with van der Waals surface area (Å²) < 4.78 is 6.16. The highest BCUT2D eigenvalue weighted by Gasteiger charge is 2.45. The summed E-state index contributed by atoms with van der Waals surface area (Å²) in [5.74, 6) is 2.79. The van der Waals surface area contributed by atoms with Crippen LogP contribution in [-0.2, 0) is 4.74 Å². The van der Waals surface area contributed by atoms with Gasteiger partial charge in [0.05, 0.1) is 5.60 Å². The van der Waals surface area contributed by atoms with Crippen LogP contribution in [0.25, 0.3) is 0 Å². The number of hydrogen-bond acceptors (Lipinski definition) is 2.